The number of benzene rings is 6. The van der Waals surface area contributed by atoms with Crippen LogP contribution in [0.3, 0.4) is 0 Å². The van der Waals surface area contributed by atoms with Crippen LogP contribution < -0.4 is 25.5 Å². The monoisotopic (exact) mass is 701 g/mol. The van der Waals surface area contributed by atoms with Crippen LogP contribution in [0.2, 0.25) is 0 Å². The number of hydrogen-bond acceptors (Lipinski definition) is 3. The lowest BCUT2D eigenvalue weighted by Crippen LogP contribution is -2.76. The molecule has 1 atom stereocenters. The Morgan fingerprint density at radius 1 is 0.585 bits per heavy atom. The maximum atomic E-state index is 16.6. The molecule has 53 heavy (non-hydrogen) atoms. The molecule has 4 nitrogen and oxygen atoms in total. The molecule has 0 saturated heterocycles. The van der Waals surface area contributed by atoms with Crippen LogP contribution in [0, 0.1) is 0 Å². The van der Waals surface area contributed by atoms with E-state index in [0.717, 1.165) is 50.4 Å². The Morgan fingerprint density at radius 2 is 1.26 bits per heavy atom. The predicted octanol–water partition coefficient (Wildman–Crippen LogP) is 8.78. The van der Waals surface area contributed by atoms with Gasteiger partial charge in [-0.3, -0.25) is 9.55 Å². The Hall–Kier alpha value is -6.63. The fourth-order valence-electron chi connectivity index (χ4n) is 8.28. The summed E-state index contributed by atoms with van der Waals surface area (Å²) in [7, 11) is -3.00. The van der Waals surface area contributed by atoms with Gasteiger partial charge in [-0.05, 0) is 69.2 Å². The van der Waals surface area contributed by atoms with Gasteiger partial charge in [-0.2, -0.15) is 0 Å². The van der Waals surface area contributed by atoms with Crippen LogP contribution in [0.5, 0.6) is 11.5 Å². The van der Waals surface area contributed by atoms with Gasteiger partial charge in [-0.15, -0.1) is 0 Å². The molecule has 0 aliphatic carbocycles. The van der Waals surface area contributed by atoms with E-state index < -0.39 is 14.2 Å². The SMILES string of the molecule is FC(c1cccc(-c2ccccn2)c1)c1cccc(-n2c3ccccc3c3c4c(cnc32)Oc2ccccc2[Si]4(c2ccccc2)c2ccccc2)c1. The van der Waals surface area contributed by atoms with Crippen LogP contribution in [-0.4, -0.2) is 22.6 Å². The van der Waals surface area contributed by atoms with Crippen molar-refractivity contribution in [2.45, 2.75) is 6.17 Å². The Kier molecular flexibility index (Phi) is 7.37. The zero-order chi connectivity index (χ0) is 35.4. The summed E-state index contributed by atoms with van der Waals surface area (Å²) < 4.78 is 25.6. The highest BCUT2D eigenvalue weighted by Gasteiger charge is 2.49. The van der Waals surface area contributed by atoms with E-state index in [2.05, 4.69) is 113 Å². The lowest BCUT2D eigenvalue weighted by Gasteiger charge is -2.39. The van der Waals surface area contributed by atoms with Gasteiger partial charge in [0, 0.05) is 33.4 Å². The predicted molar refractivity (Wildman–Crippen MR) is 215 cm³/mol. The van der Waals surface area contributed by atoms with Gasteiger partial charge in [-0.1, -0.05) is 133 Å². The summed E-state index contributed by atoms with van der Waals surface area (Å²) in [5, 5.41) is 7.02. The molecule has 1 aliphatic rings. The van der Waals surface area contributed by atoms with Gasteiger partial charge in [0.25, 0.3) is 0 Å². The molecule has 0 radical (unpaired) electrons. The fraction of sp³-hybridized carbons (Fsp3) is 0.0213. The first-order valence-electron chi connectivity index (χ1n) is 17.8. The third kappa shape index (κ3) is 4.87. The first kappa shape index (κ1) is 31.1. The third-order valence-corrected chi connectivity index (χ3v) is 15.4. The van der Waals surface area contributed by atoms with Crippen molar-refractivity contribution >= 4 is 50.8 Å². The van der Waals surface area contributed by atoms with E-state index in [4.69, 9.17) is 9.72 Å². The van der Waals surface area contributed by atoms with Crippen molar-refractivity contribution in [3.8, 4) is 28.4 Å². The summed E-state index contributed by atoms with van der Waals surface area (Å²) in [5.74, 6) is 1.63. The summed E-state index contributed by atoms with van der Waals surface area (Å²) in [6.45, 7) is 0. The molecule has 0 fully saturated rings. The summed E-state index contributed by atoms with van der Waals surface area (Å²) in [5.41, 5.74) is 5.49. The van der Waals surface area contributed by atoms with Crippen molar-refractivity contribution in [3.05, 3.63) is 199 Å². The van der Waals surface area contributed by atoms with Crippen molar-refractivity contribution in [1.29, 1.82) is 0 Å². The second kappa shape index (κ2) is 12.5. The Bertz CT molecular complexity index is 2750. The van der Waals surface area contributed by atoms with E-state index in [1.807, 2.05) is 79.0 Å². The van der Waals surface area contributed by atoms with E-state index >= 15 is 4.39 Å². The molecule has 0 spiro atoms. The topological polar surface area (TPSA) is 39.9 Å². The second-order valence-corrected chi connectivity index (χ2v) is 17.1. The number of hydrogen-bond donors (Lipinski definition) is 0. The maximum absolute atomic E-state index is 16.6. The minimum Gasteiger partial charge on any atom is -0.456 e. The largest absolute Gasteiger partial charge is 0.456 e. The second-order valence-electron chi connectivity index (χ2n) is 13.4. The molecule has 3 aromatic heterocycles. The molecule has 1 aliphatic heterocycles. The number of ether oxygens (including phenoxy) is 1. The normalized spacial score (nSPS) is 13.6. The van der Waals surface area contributed by atoms with E-state index in [1.165, 1.54) is 20.7 Å². The number of nitrogens with zero attached hydrogens (tertiary/aromatic N) is 3. The highest BCUT2D eigenvalue weighted by atomic mass is 28.3. The number of aromatic nitrogens is 3. The average Bonchev–Trinajstić information content (AvgIpc) is 3.58. The fourth-order valence-corrected chi connectivity index (χ4v) is 13.4. The first-order chi connectivity index (χ1) is 26.2. The summed E-state index contributed by atoms with van der Waals surface area (Å²) in [4.78, 5) is 9.65. The Labute approximate surface area is 307 Å². The third-order valence-electron chi connectivity index (χ3n) is 10.5. The lowest BCUT2D eigenvalue weighted by atomic mass is 9.99. The van der Waals surface area contributed by atoms with Gasteiger partial charge in [0.15, 0.2) is 14.2 Å². The Balaban J connectivity index is 1.22. The molecule has 4 heterocycles. The van der Waals surface area contributed by atoms with Gasteiger partial charge in [0.05, 0.1) is 17.4 Å². The molecule has 0 saturated carbocycles. The minimum absolute atomic E-state index is 0.569. The summed E-state index contributed by atoms with van der Waals surface area (Å²) >= 11 is 0. The zero-order valence-corrected chi connectivity index (χ0v) is 29.6. The van der Waals surface area contributed by atoms with Crippen LogP contribution in [0.1, 0.15) is 17.3 Å². The number of rotatable bonds is 6. The van der Waals surface area contributed by atoms with E-state index in [-0.39, 0.29) is 0 Å². The van der Waals surface area contributed by atoms with Crippen LogP contribution in [-0.2, 0) is 0 Å². The zero-order valence-electron chi connectivity index (χ0n) is 28.6. The molecule has 0 amide bonds. The molecule has 9 aromatic rings. The molecule has 6 aromatic carbocycles. The van der Waals surface area contributed by atoms with Gasteiger partial charge in [0.1, 0.15) is 17.1 Å². The van der Waals surface area contributed by atoms with Crippen molar-refractivity contribution in [1.82, 2.24) is 14.5 Å². The molecule has 0 N–H and O–H groups in total. The molecule has 0 bridgehead atoms. The van der Waals surface area contributed by atoms with E-state index in [1.54, 1.807) is 6.20 Å². The van der Waals surface area contributed by atoms with Crippen LogP contribution in [0.15, 0.2) is 188 Å². The van der Waals surface area contributed by atoms with E-state index in [9.17, 15) is 0 Å². The highest BCUT2D eigenvalue weighted by molar-refractivity contribution is 7.21. The van der Waals surface area contributed by atoms with Crippen molar-refractivity contribution in [2.75, 3.05) is 0 Å². The smallest absolute Gasteiger partial charge is 0.189 e. The molecule has 1 unspecified atom stereocenters. The molecule has 6 heteroatoms. The van der Waals surface area contributed by atoms with Gasteiger partial charge < -0.3 is 4.74 Å². The molecular formula is C47H32FN3OSi. The maximum Gasteiger partial charge on any atom is 0.189 e. The Morgan fingerprint density at radius 3 is 2.04 bits per heavy atom. The first-order valence-corrected chi connectivity index (χ1v) is 19.8. The van der Waals surface area contributed by atoms with E-state index in [0.29, 0.717) is 11.1 Å². The van der Waals surface area contributed by atoms with Crippen LogP contribution in [0.25, 0.3) is 38.9 Å². The number of alkyl halides is 1. The molecule has 10 rings (SSSR count). The number of pyridine rings is 2. The number of halogens is 1. The van der Waals surface area contributed by atoms with Gasteiger partial charge in [-0.25, -0.2) is 9.37 Å². The van der Waals surface area contributed by atoms with Crippen LogP contribution >= 0.6 is 0 Å². The van der Waals surface area contributed by atoms with Gasteiger partial charge >= 0.3 is 0 Å². The number of fused-ring (bicyclic) bond motifs is 6. The van der Waals surface area contributed by atoms with Crippen molar-refractivity contribution < 1.29 is 9.13 Å². The highest BCUT2D eigenvalue weighted by Crippen LogP contribution is 2.38. The summed E-state index contributed by atoms with van der Waals surface area (Å²) in [6.07, 6.45) is 2.31. The molecular weight excluding hydrogens is 670 g/mol. The van der Waals surface area contributed by atoms with Crippen LogP contribution in [0.4, 0.5) is 4.39 Å². The molecule has 252 valence electrons. The quantitative estimate of drug-likeness (QED) is 0.163. The standard InChI is InChI=1S/C47H32FN3OSi/c48-45(33-16-13-15-32(29-33)39-24-11-12-28-49-39)34-17-14-18-35(30-34)51-40-25-8-7-23-38(40)44-46-42(31-50-47(44)51)52-41-26-9-10-27-43(41)53(46,36-19-3-1-4-20-36)37-21-5-2-6-22-37/h1-31,45H. The minimum atomic E-state index is -3.00. The van der Waals surface area contributed by atoms with Crippen molar-refractivity contribution in [3.63, 3.8) is 0 Å². The number of para-hydroxylation sites is 2. The average molecular weight is 702 g/mol. The lowest BCUT2D eigenvalue weighted by molar-refractivity contribution is 0.402. The summed E-state index contributed by atoms with van der Waals surface area (Å²) in [6, 6.07) is 59.8. The van der Waals surface area contributed by atoms with Gasteiger partial charge in [0.2, 0.25) is 0 Å². The van der Waals surface area contributed by atoms with Crippen molar-refractivity contribution in [2.24, 2.45) is 0 Å².